The first-order valence-electron chi connectivity index (χ1n) is 12.9. The van der Waals surface area contributed by atoms with Gasteiger partial charge in [-0.25, -0.2) is 9.59 Å². The Hall–Kier alpha value is -3.57. The molecule has 214 valence electrons. The fourth-order valence-electron chi connectivity index (χ4n) is 4.96. The molecule has 2 aromatic carbocycles. The van der Waals surface area contributed by atoms with Crippen LogP contribution in [0.5, 0.6) is 0 Å². The first-order valence-corrected chi connectivity index (χ1v) is 13.3. The lowest BCUT2D eigenvalue weighted by Gasteiger charge is -2.37. The van der Waals surface area contributed by atoms with Gasteiger partial charge >= 0.3 is 18.2 Å². The molecule has 3 amide bonds. The quantitative estimate of drug-likeness (QED) is 0.502. The van der Waals surface area contributed by atoms with E-state index < -0.39 is 29.8 Å². The summed E-state index contributed by atoms with van der Waals surface area (Å²) in [5.41, 5.74) is -0.481. The van der Waals surface area contributed by atoms with Crippen LogP contribution < -0.4 is 5.32 Å². The number of amides is 3. The average molecular weight is 579 g/mol. The molecule has 0 spiro atoms. The average Bonchev–Trinajstić information content (AvgIpc) is 3.16. The molecule has 8 nitrogen and oxygen atoms in total. The Bertz CT molecular complexity index is 1300. The molecular formula is C28H30ClF3N4O4. The molecule has 40 heavy (non-hydrogen) atoms. The first-order chi connectivity index (χ1) is 19.0. The highest BCUT2D eigenvalue weighted by atomic mass is 35.5. The number of esters is 1. The zero-order valence-electron chi connectivity index (χ0n) is 22.1. The number of urea groups is 1. The predicted octanol–water partition coefficient (Wildman–Crippen LogP) is 4.72. The van der Waals surface area contributed by atoms with Gasteiger partial charge in [-0.05, 0) is 49.2 Å². The number of alkyl halides is 3. The Morgan fingerprint density at radius 1 is 1.05 bits per heavy atom. The zero-order chi connectivity index (χ0) is 29.0. The molecule has 2 aliphatic heterocycles. The number of carbonyl (C=O) groups excluding carboxylic acids is 3. The fraction of sp³-hybridized carbons (Fsp3) is 0.393. The van der Waals surface area contributed by atoms with Gasteiger partial charge in [0.05, 0.1) is 23.8 Å². The van der Waals surface area contributed by atoms with E-state index in [0.29, 0.717) is 43.2 Å². The third kappa shape index (κ3) is 6.42. The Morgan fingerprint density at radius 3 is 2.42 bits per heavy atom. The predicted molar refractivity (Wildman–Crippen MR) is 143 cm³/mol. The van der Waals surface area contributed by atoms with Gasteiger partial charge in [-0.1, -0.05) is 29.8 Å². The lowest BCUT2D eigenvalue weighted by molar-refractivity contribution is -0.141. The second-order valence-corrected chi connectivity index (χ2v) is 9.97. The summed E-state index contributed by atoms with van der Waals surface area (Å²) in [7, 11) is 1.46. The Balaban J connectivity index is 1.65. The zero-order valence-corrected chi connectivity index (χ0v) is 22.9. The minimum Gasteiger partial charge on any atom is -0.463 e. The minimum absolute atomic E-state index is 0.00634. The van der Waals surface area contributed by atoms with Crippen molar-refractivity contribution in [1.82, 2.24) is 20.0 Å². The smallest absolute Gasteiger partial charge is 0.416 e. The van der Waals surface area contributed by atoms with Gasteiger partial charge in [0.25, 0.3) is 5.91 Å². The lowest BCUT2D eigenvalue weighted by atomic mass is 9.90. The molecule has 0 radical (unpaired) electrons. The van der Waals surface area contributed by atoms with Crippen molar-refractivity contribution in [3.8, 4) is 0 Å². The van der Waals surface area contributed by atoms with Crippen molar-refractivity contribution >= 4 is 29.5 Å². The number of rotatable bonds is 6. The molecule has 0 bridgehead atoms. The van der Waals surface area contributed by atoms with Crippen molar-refractivity contribution in [2.24, 2.45) is 0 Å². The molecule has 0 aromatic heterocycles. The van der Waals surface area contributed by atoms with E-state index in [1.807, 2.05) is 4.90 Å². The second kappa shape index (κ2) is 12.3. The Morgan fingerprint density at radius 2 is 1.75 bits per heavy atom. The molecule has 1 atom stereocenters. The van der Waals surface area contributed by atoms with Crippen molar-refractivity contribution in [1.29, 1.82) is 0 Å². The molecule has 2 aliphatic rings. The lowest BCUT2D eigenvalue weighted by Crippen LogP contribution is -2.50. The van der Waals surface area contributed by atoms with Gasteiger partial charge in [0.2, 0.25) is 0 Å². The van der Waals surface area contributed by atoms with Crippen molar-refractivity contribution in [2.45, 2.75) is 25.6 Å². The number of halogens is 4. The molecule has 2 aromatic rings. The molecule has 1 N–H and O–H groups in total. The molecule has 1 saturated heterocycles. The van der Waals surface area contributed by atoms with E-state index in [2.05, 4.69) is 5.32 Å². The number of nitrogens with zero attached hydrogens (tertiary/aromatic N) is 3. The van der Waals surface area contributed by atoms with E-state index in [1.54, 1.807) is 36.1 Å². The summed E-state index contributed by atoms with van der Waals surface area (Å²) in [4.78, 5) is 44.2. The van der Waals surface area contributed by atoms with Crippen LogP contribution in [-0.2, 0) is 15.7 Å². The van der Waals surface area contributed by atoms with Crippen LogP contribution in [0.15, 0.2) is 59.8 Å². The summed E-state index contributed by atoms with van der Waals surface area (Å²) >= 11 is 5.94. The van der Waals surface area contributed by atoms with Crippen LogP contribution in [-0.4, -0.2) is 79.0 Å². The SMILES string of the molecule is CCOC(=O)C1=C(CN2CCCN(C(=O)c3ccc(Cl)cc3)CC2)N(C)C(=O)N[C@@H]1c1ccccc1C(F)(F)F. The molecule has 12 heteroatoms. The van der Waals surface area contributed by atoms with Crippen molar-refractivity contribution in [3.05, 3.63) is 81.5 Å². The summed E-state index contributed by atoms with van der Waals surface area (Å²) in [6.07, 6.45) is -4.08. The van der Waals surface area contributed by atoms with E-state index in [1.165, 1.54) is 30.1 Å². The Kier molecular flexibility index (Phi) is 9.05. The number of carbonyl (C=O) groups is 3. The van der Waals surface area contributed by atoms with Crippen molar-refractivity contribution in [3.63, 3.8) is 0 Å². The topological polar surface area (TPSA) is 82.2 Å². The van der Waals surface area contributed by atoms with E-state index in [4.69, 9.17) is 16.3 Å². The van der Waals surface area contributed by atoms with Gasteiger partial charge in [-0.3, -0.25) is 14.6 Å². The van der Waals surface area contributed by atoms with Crippen molar-refractivity contribution < 1.29 is 32.3 Å². The fourth-order valence-corrected chi connectivity index (χ4v) is 5.08. The van der Waals surface area contributed by atoms with Crippen LogP contribution in [0.25, 0.3) is 0 Å². The standard InChI is InChI=1S/C28H30ClF3N4O4/c1-3-40-26(38)23-22(34(2)27(39)33-24(23)20-7-4-5-8-21(20)28(30,31)32)17-35-13-6-14-36(16-15-35)25(37)18-9-11-19(29)12-10-18/h4-5,7-12,24H,3,6,13-17H2,1-2H3,(H,33,39)/t24-/m1/s1. The van der Waals surface area contributed by atoms with Crippen LogP contribution in [0.3, 0.4) is 0 Å². The maximum Gasteiger partial charge on any atom is 0.416 e. The first kappa shape index (κ1) is 29.4. The summed E-state index contributed by atoms with van der Waals surface area (Å²) < 4.78 is 47.0. The molecule has 4 rings (SSSR count). The van der Waals surface area contributed by atoms with E-state index in [9.17, 15) is 27.6 Å². The maximum absolute atomic E-state index is 13.9. The molecule has 0 unspecified atom stereocenters. The highest BCUT2D eigenvalue weighted by Gasteiger charge is 2.42. The number of hydrogen-bond donors (Lipinski definition) is 1. The minimum atomic E-state index is -4.70. The normalized spacial score (nSPS) is 18.9. The van der Waals surface area contributed by atoms with E-state index in [-0.39, 0.29) is 35.9 Å². The number of likely N-dealkylation sites (N-methyl/N-ethyl adjacent to an activating group) is 1. The monoisotopic (exact) mass is 578 g/mol. The van der Waals surface area contributed by atoms with E-state index >= 15 is 0 Å². The molecule has 1 fully saturated rings. The van der Waals surface area contributed by atoms with Gasteiger partial charge in [-0.2, -0.15) is 13.2 Å². The van der Waals surface area contributed by atoms with Crippen LogP contribution in [0.2, 0.25) is 5.02 Å². The molecule has 0 aliphatic carbocycles. The largest absolute Gasteiger partial charge is 0.463 e. The third-order valence-electron chi connectivity index (χ3n) is 6.99. The van der Waals surface area contributed by atoms with Crippen LogP contribution in [0.4, 0.5) is 18.0 Å². The highest BCUT2D eigenvalue weighted by Crippen LogP contribution is 2.39. The van der Waals surface area contributed by atoms with Crippen LogP contribution in [0.1, 0.15) is 40.9 Å². The van der Waals surface area contributed by atoms with Crippen LogP contribution in [0, 0.1) is 0 Å². The van der Waals surface area contributed by atoms with Gasteiger partial charge in [0, 0.05) is 56.1 Å². The number of nitrogens with one attached hydrogen (secondary N) is 1. The van der Waals surface area contributed by atoms with Crippen LogP contribution >= 0.6 is 11.6 Å². The Labute approximate surface area is 235 Å². The summed E-state index contributed by atoms with van der Waals surface area (Å²) in [5, 5.41) is 3.08. The maximum atomic E-state index is 13.9. The molecule has 2 heterocycles. The van der Waals surface area contributed by atoms with Crippen molar-refractivity contribution in [2.75, 3.05) is 46.4 Å². The highest BCUT2D eigenvalue weighted by molar-refractivity contribution is 6.30. The van der Waals surface area contributed by atoms with Gasteiger partial charge < -0.3 is 15.0 Å². The molecular weight excluding hydrogens is 549 g/mol. The second-order valence-electron chi connectivity index (χ2n) is 9.54. The summed E-state index contributed by atoms with van der Waals surface area (Å²) in [5.74, 6) is -0.941. The summed E-state index contributed by atoms with van der Waals surface area (Å²) in [6.45, 7) is 3.57. The number of benzene rings is 2. The number of hydrogen-bond acceptors (Lipinski definition) is 5. The van der Waals surface area contributed by atoms with Gasteiger partial charge in [0.15, 0.2) is 0 Å². The van der Waals surface area contributed by atoms with E-state index in [0.717, 1.165) is 6.07 Å². The third-order valence-corrected chi connectivity index (χ3v) is 7.24. The van der Waals surface area contributed by atoms with Gasteiger partial charge in [-0.15, -0.1) is 0 Å². The van der Waals surface area contributed by atoms with Gasteiger partial charge in [0.1, 0.15) is 0 Å². The number of ether oxygens (including phenoxy) is 1. The summed E-state index contributed by atoms with van der Waals surface area (Å²) in [6, 6.07) is 9.50. The molecule has 0 saturated carbocycles.